The average Bonchev–Trinajstić information content (AvgIpc) is 2.49. The second-order valence-corrected chi connectivity index (χ2v) is 15.8. The summed E-state index contributed by atoms with van der Waals surface area (Å²) in [7, 11) is -4.42. The zero-order valence-corrected chi connectivity index (χ0v) is 24.9. The molecule has 4 heteroatoms. The Morgan fingerprint density at radius 2 is 0.844 bits per heavy atom. The molecule has 0 aromatic rings. The van der Waals surface area contributed by atoms with Gasteiger partial charge in [-0.05, 0) is 28.1 Å². The lowest BCUT2D eigenvalue weighted by atomic mass is 9.39. The van der Waals surface area contributed by atoms with Crippen LogP contribution in [0, 0.1) is 27.1 Å². The Morgan fingerprint density at radius 3 is 1.09 bits per heavy atom. The molecular weight excluding hydrogens is 416 g/mol. The Morgan fingerprint density at radius 1 is 0.531 bits per heavy atom. The van der Waals surface area contributed by atoms with Crippen LogP contribution in [-0.2, 0) is 10.1 Å². The van der Waals surface area contributed by atoms with Crippen LogP contribution in [0.25, 0.3) is 0 Å². The predicted molar refractivity (Wildman–Crippen MR) is 142 cm³/mol. The smallest absolute Gasteiger partial charge is 0.272 e. The third kappa shape index (κ3) is 5.93. The van der Waals surface area contributed by atoms with E-state index in [1.54, 1.807) is 0 Å². The van der Waals surface area contributed by atoms with E-state index in [1.807, 2.05) is 41.5 Å². The number of hydrogen-bond acceptors (Lipinski definition) is 2. The van der Waals surface area contributed by atoms with Crippen LogP contribution in [0.15, 0.2) is 0 Å². The van der Waals surface area contributed by atoms with Gasteiger partial charge in [-0.2, -0.15) is 8.42 Å². The van der Waals surface area contributed by atoms with Crippen LogP contribution in [0.1, 0.15) is 148 Å². The molecule has 0 heterocycles. The summed E-state index contributed by atoms with van der Waals surface area (Å²) in [5, 5.41) is 0. The molecule has 32 heavy (non-hydrogen) atoms. The highest BCUT2D eigenvalue weighted by molar-refractivity contribution is 7.87. The van der Waals surface area contributed by atoms with Gasteiger partial charge in [0.1, 0.15) is 4.75 Å². The van der Waals surface area contributed by atoms with Crippen LogP contribution < -0.4 is 0 Å². The Labute approximate surface area is 202 Å². The lowest BCUT2D eigenvalue weighted by Crippen LogP contribution is -2.74. The van der Waals surface area contributed by atoms with Crippen molar-refractivity contribution < 1.29 is 13.0 Å². The highest BCUT2D eigenvalue weighted by atomic mass is 32.2. The first-order valence-corrected chi connectivity index (χ1v) is 14.5. The molecule has 0 aromatic carbocycles. The van der Waals surface area contributed by atoms with Gasteiger partial charge in [0.05, 0.1) is 0 Å². The number of unbranched alkanes of at least 4 members (excludes halogenated alkanes) is 7. The average molecular weight is 475 g/mol. The Hall–Kier alpha value is -0.0900. The monoisotopic (exact) mass is 474 g/mol. The second-order valence-electron chi connectivity index (χ2n) is 14.3. The maximum absolute atomic E-state index is 13.7. The highest BCUT2D eigenvalue weighted by Crippen LogP contribution is 2.71. The Bertz CT molecular complexity index is 633. The van der Waals surface area contributed by atoms with E-state index in [2.05, 4.69) is 48.5 Å². The van der Waals surface area contributed by atoms with Gasteiger partial charge in [0.2, 0.25) is 0 Å². The van der Waals surface area contributed by atoms with E-state index < -0.39 is 31.1 Å². The first-order valence-electron chi connectivity index (χ1n) is 13.0. The van der Waals surface area contributed by atoms with Gasteiger partial charge in [-0.15, -0.1) is 0 Å². The van der Waals surface area contributed by atoms with E-state index in [0.717, 1.165) is 19.3 Å². The molecule has 0 aliphatic heterocycles. The fraction of sp³-hybridized carbons (Fsp3) is 1.00. The standard InChI is InChI=1S/C28H58O3S/c1-14-15-16-17-18-19-20-21-22-27(23(2,3)4,24(5,6)7)28(25(8,9)10,26(11,12)13)32(29,30)31/h14-22H2,1-13H3,(H,29,30,31). The molecule has 0 saturated carbocycles. The second kappa shape index (κ2) is 10.7. The molecule has 0 aliphatic rings. The summed E-state index contributed by atoms with van der Waals surface area (Å²) in [6.07, 6.45) is 10.5. The summed E-state index contributed by atoms with van der Waals surface area (Å²) in [5.74, 6) is 0. The fourth-order valence-corrected chi connectivity index (χ4v) is 10.7. The SMILES string of the molecule is CCCCCCCCCCC(C(C)(C)C)(C(C)(C)C)C(C(C)(C)C)(C(C)(C)C)S(=O)(=O)O. The molecular formula is C28H58O3S. The molecule has 0 radical (unpaired) electrons. The molecule has 0 bridgehead atoms. The maximum Gasteiger partial charge on any atom is 0.272 e. The van der Waals surface area contributed by atoms with E-state index in [0.29, 0.717) is 0 Å². The zero-order chi connectivity index (χ0) is 25.9. The van der Waals surface area contributed by atoms with Crippen molar-refractivity contribution in [2.45, 2.75) is 153 Å². The summed E-state index contributed by atoms with van der Waals surface area (Å²) in [5.41, 5.74) is -2.68. The van der Waals surface area contributed by atoms with Gasteiger partial charge >= 0.3 is 0 Å². The number of hydrogen-bond donors (Lipinski definition) is 1. The predicted octanol–water partition coefficient (Wildman–Crippen LogP) is 9.31. The van der Waals surface area contributed by atoms with E-state index in [1.165, 1.54) is 38.5 Å². The topological polar surface area (TPSA) is 54.4 Å². The minimum atomic E-state index is -4.42. The lowest BCUT2D eigenvalue weighted by Gasteiger charge is -2.70. The fourth-order valence-electron chi connectivity index (χ4n) is 8.03. The molecule has 0 atom stereocenters. The third-order valence-corrected chi connectivity index (χ3v) is 10.4. The first kappa shape index (κ1) is 31.9. The highest BCUT2D eigenvalue weighted by Gasteiger charge is 2.75. The molecule has 0 unspecified atom stereocenters. The quantitative estimate of drug-likeness (QED) is 0.240. The lowest BCUT2D eigenvalue weighted by molar-refractivity contribution is -0.150. The van der Waals surface area contributed by atoms with Crippen LogP contribution >= 0.6 is 0 Å². The van der Waals surface area contributed by atoms with Crippen LogP contribution in [0.3, 0.4) is 0 Å². The summed E-state index contributed by atoms with van der Waals surface area (Å²) in [6, 6.07) is 0. The third-order valence-electron chi connectivity index (χ3n) is 8.07. The molecule has 0 saturated heterocycles. The van der Waals surface area contributed by atoms with E-state index in [4.69, 9.17) is 0 Å². The van der Waals surface area contributed by atoms with Crippen LogP contribution in [0.4, 0.5) is 0 Å². The van der Waals surface area contributed by atoms with Crippen molar-refractivity contribution in [2.24, 2.45) is 27.1 Å². The summed E-state index contributed by atoms with van der Waals surface area (Å²) in [4.78, 5) is 0. The first-order chi connectivity index (χ1) is 14.1. The molecule has 0 aromatic heterocycles. The van der Waals surface area contributed by atoms with Crippen molar-refractivity contribution in [3.05, 3.63) is 0 Å². The van der Waals surface area contributed by atoms with Crippen molar-refractivity contribution in [2.75, 3.05) is 0 Å². The molecule has 0 amide bonds. The zero-order valence-electron chi connectivity index (χ0n) is 24.0. The van der Waals surface area contributed by atoms with Gasteiger partial charge in [0.25, 0.3) is 10.1 Å². The van der Waals surface area contributed by atoms with Crippen LogP contribution in [0.2, 0.25) is 0 Å². The van der Waals surface area contributed by atoms with Gasteiger partial charge in [-0.3, -0.25) is 4.55 Å². The summed E-state index contributed by atoms with van der Waals surface area (Å²) < 4.78 is 37.2. The molecule has 0 rings (SSSR count). The maximum atomic E-state index is 13.7. The van der Waals surface area contributed by atoms with Gasteiger partial charge < -0.3 is 0 Å². The van der Waals surface area contributed by atoms with Crippen LogP contribution in [0.5, 0.6) is 0 Å². The summed E-state index contributed by atoms with van der Waals surface area (Å²) >= 11 is 0. The minimum Gasteiger partial charge on any atom is -0.285 e. The normalized spacial score (nSPS) is 15.3. The Balaban J connectivity index is 6.69. The van der Waals surface area contributed by atoms with Gasteiger partial charge in [-0.1, -0.05) is 141 Å². The van der Waals surface area contributed by atoms with Crippen LogP contribution in [-0.4, -0.2) is 17.7 Å². The molecule has 3 nitrogen and oxygen atoms in total. The van der Waals surface area contributed by atoms with Gasteiger partial charge in [0, 0.05) is 5.41 Å². The Kier molecular flexibility index (Phi) is 10.6. The molecule has 194 valence electrons. The molecule has 0 spiro atoms. The minimum absolute atomic E-state index is 0.345. The van der Waals surface area contributed by atoms with E-state index >= 15 is 0 Å². The number of rotatable bonds is 11. The van der Waals surface area contributed by atoms with Crippen molar-refractivity contribution in [3.63, 3.8) is 0 Å². The molecule has 1 N–H and O–H groups in total. The van der Waals surface area contributed by atoms with Crippen molar-refractivity contribution in [1.29, 1.82) is 0 Å². The van der Waals surface area contributed by atoms with E-state index in [-0.39, 0.29) is 10.8 Å². The van der Waals surface area contributed by atoms with Gasteiger partial charge in [0.15, 0.2) is 0 Å². The molecule has 0 aliphatic carbocycles. The van der Waals surface area contributed by atoms with Crippen molar-refractivity contribution in [1.82, 2.24) is 0 Å². The van der Waals surface area contributed by atoms with Gasteiger partial charge in [-0.25, -0.2) is 0 Å². The van der Waals surface area contributed by atoms with Crippen molar-refractivity contribution in [3.8, 4) is 0 Å². The van der Waals surface area contributed by atoms with Crippen molar-refractivity contribution >= 4 is 10.1 Å². The van der Waals surface area contributed by atoms with E-state index in [9.17, 15) is 13.0 Å². The largest absolute Gasteiger partial charge is 0.285 e. The molecule has 0 fully saturated rings. The summed E-state index contributed by atoms with van der Waals surface area (Å²) in [6.45, 7) is 27.4.